The minimum atomic E-state index is -0.933. The SMILES string of the molecule is Cc1cc(CSc2ncnc3sc(C(=O)O)c(C)c23)on1. The fraction of sp³-hybridized carbons (Fsp3) is 0.231. The molecule has 0 aromatic carbocycles. The molecule has 0 bridgehead atoms. The topological polar surface area (TPSA) is 89.1 Å². The van der Waals surface area contributed by atoms with E-state index in [-0.39, 0.29) is 0 Å². The van der Waals surface area contributed by atoms with Crippen molar-refractivity contribution < 1.29 is 14.4 Å². The van der Waals surface area contributed by atoms with E-state index in [9.17, 15) is 9.90 Å². The van der Waals surface area contributed by atoms with Gasteiger partial charge in [-0.05, 0) is 19.4 Å². The highest BCUT2D eigenvalue weighted by atomic mass is 32.2. The van der Waals surface area contributed by atoms with Crippen molar-refractivity contribution in [2.75, 3.05) is 0 Å². The summed E-state index contributed by atoms with van der Waals surface area (Å²) in [7, 11) is 0. The Bertz CT molecular complexity index is 825. The first kappa shape index (κ1) is 14.0. The first-order valence-electron chi connectivity index (χ1n) is 6.08. The summed E-state index contributed by atoms with van der Waals surface area (Å²) in [6.07, 6.45) is 1.46. The van der Waals surface area contributed by atoms with Gasteiger partial charge >= 0.3 is 5.97 Å². The van der Waals surface area contributed by atoms with Crippen LogP contribution in [0.25, 0.3) is 10.2 Å². The molecule has 0 spiro atoms. The van der Waals surface area contributed by atoms with Crippen LogP contribution in [0, 0.1) is 13.8 Å². The molecule has 0 aliphatic heterocycles. The summed E-state index contributed by atoms with van der Waals surface area (Å²) < 4.78 is 5.17. The second-order valence-corrected chi connectivity index (χ2v) is 6.41. The molecular formula is C13H11N3O3S2. The Morgan fingerprint density at radius 2 is 2.24 bits per heavy atom. The predicted octanol–water partition coefficient (Wildman–Crippen LogP) is 3.29. The van der Waals surface area contributed by atoms with E-state index in [4.69, 9.17) is 4.52 Å². The van der Waals surface area contributed by atoms with Crippen molar-refractivity contribution in [2.45, 2.75) is 24.6 Å². The minimum Gasteiger partial charge on any atom is -0.477 e. The summed E-state index contributed by atoms with van der Waals surface area (Å²) in [6.45, 7) is 3.65. The molecule has 3 heterocycles. The third kappa shape index (κ3) is 2.64. The molecular weight excluding hydrogens is 310 g/mol. The van der Waals surface area contributed by atoms with Crippen LogP contribution in [0.15, 0.2) is 21.9 Å². The Balaban J connectivity index is 1.96. The first-order chi connectivity index (χ1) is 10.1. The average molecular weight is 321 g/mol. The predicted molar refractivity (Wildman–Crippen MR) is 79.9 cm³/mol. The molecule has 21 heavy (non-hydrogen) atoms. The third-order valence-corrected chi connectivity index (χ3v) is 5.11. The number of aryl methyl sites for hydroxylation is 2. The van der Waals surface area contributed by atoms with Gasteiger partial charge in [0.25, 0.3) is 0 Å². The molecule has 0 fully saturated rings. The van der Waals surface area contributed by atoms with Gasteiger partial charge in [-0.2, -0.15) is 0 Å². The van der Waals surface area contributed by atoms with Crippen LogP contribution in [-0.4, -0.2) is 26.2 Å². The number of rotatable bonds is 4. The molecule has 0 saturated heterocycles. The fourth-order valence-electron chi connectivity index (χ4n) is 1.98. The highest BCUT2D eigenvalue weighted by molar-refractivity contribution is 7.98. The van der Waals surface area contributed by atoms with E-state index in [1.54, 1.807) is 6.92 Å². The zero-order chi connectivity index (χ0) is 15.0. The van der Waals surface area contributed by atoms with Crippen molar-refractivity contribution in [3.63, 3.8) is 0 Å². The van der Waals surface area contributed by atoms with Gasteiger partial charge in [0.2, 0.25) is 0 Å². The third-order valence-electron chi connectivity index (χ3n) is 2.91. The van der Waals surface area contributed by atoms with E-state index in [1.165, 1.54) is 29.4 Å². The summed E-state index contributed by atoms with van der Waals surface area (Å²) in [5, 5.41) is 14.6. The number of hydrogen-bond acceptors (Lipinski definition) is 7. The highest BCUT2D eigenvalue weighted by Crippen LogP contribution is 2.35. The normalized spacial score (nSPS) is 11.1. The smallest absolute Gasteiger partial charge is 0.346 e. The van der Waals surface area contributed by atoms with Crippen LogP contribution < -0.4 is 0 Å². The van der Waals surface area contributed by atoms with Crippen molar-refractivity contribution in [2.24, 2.45) is 0 Å². The van der Waals surface area contributed by atoms with Crippen molar-refractivity contribution in [3.05, 3.63) is 34.3 Å². The number of nitrogens with zero attached hydrogens (tertiary/aromatic N) is 3. The van der Waals surface area contributed by atoms with Crippen LogP contribution in [0.5, 0.6) is 0 Å². The van der Waals surface area contributed by atoms with E-state index >= 15 is 0 Å². The Kier molecular flexibility index (Phi) is 3.64. The van der Waals surface area contributed by atoms with Gasteiger partial charge in [0.1, 0.15) is 26.8 Å². The number of fused-ring (bicyclic) bond motifs is 1. The lowest BCUT2D eigenvalue weighted by molar-refractivity contribution is 0.0701. The summed E-state index contributed by atoms with van der Waals surface area (Å²) in [5.41, 5.74) is 1.54. The largest absolute Gasteiger partial charge is 0.477 e. The molecule has 0 atom stereocenters. The molecule has 0 saturated carbocycles. The van der Waals surface area contributed by atoms with Gasteiger partial charge in [0, 0.05) is 11.5 Å². The summed E-state index contributed by atoms with van der Waals surface area (Å²) in [6, 6.07) is 1.87. The second kappa shape index (κ2) is 5.45. The molecule has 3 rings (SSSR count). The average Bonchev–Trinajstić information content (AvgIpc) is 3.01. The van der Waals surface area contributed by atoms with Crippen molar-refractivity contribution in [1.82, 2.24) is 15.1 Å². The molecule has 3 aromatic rings. The van der Waals surface area contributed by atoms with Crippen LogP contribution in [0.3, 0.4) is 0 Å². The summed E-state index contributed by atoms with van der Waals surface area (Å²) >= 11 is 2.66. The van der Waals surface area contributed by atoms with Crippen LogP contribution in [0.2, 0.25) is 0 Å². The standard InChI is InChI=1S/C13H11N3O3S2/c1-6-3-8(19-16-6)4-20-11-9-7(2)10(13(17)18)21-12(9)15-5-14-11/h3,5H,4H2,1-2H3,(H,17,18). The van der Waals surface area contributed by atoms with Crippen LogP contribution >= 0.6 is 23.1 Å². The van der Waals surface area contributed by atoms with Gasteiger partial charge in [0.15, 0.2) is 0 Å². The van der Waals surface area contributed by atoms with Crippen molar-refractivity contribution >= 4 is 39.3 Å². The van der Waals surface area contributed by atoms with Crippen LogP contribution in [-0.2, 0) is 5.75 Å². The van der Waals surface area contributed by atoms with Gasteiger partial charge in [0.05, 0.1) is 11.4 Å². The monoisotopic (exact) mass is 321 g/mol. The Labute approximate surface area is 128 Å². The maximum Gasteiger partial charge on any atom is 0.346 e. The Morgan fingerprint density at radius 3 is 2.90 bits per heavy atom. The molecule has 8 heteroatoms. The fourth-order valence-corrected chi connectivity index (χ4v) is 3.96. The maximum absolute atomic E-state index is 11.2. The van der Waals surface area contributed by atoms with Crippen molar-refractivity contribution in [3.8, 4) is 0 Å². The molecule has 0 aliphatic carbocycles. The van der Waals surface area contributed by atoms with Gasteiger partial charge in [-0.15, -0.1) is 11.3 Å². The molecule has 0 radical (unpaired) electrons. The lowest BCUT2D eigenvalue weighted by Gasteiger charge is -2.01. The van der Waals surface area contributed by atoms with Crippen LogP contribution in [0.1, 0.15) is 26.7 Å². The quantitative estimate of drug-likeness (QED) is 0.582. The number of carbonyl (C=O) groups is 1. The lowest BCUT2D eigenvalue weighted by atomic mass is 10.2. The van der Waals surface area contributed by atoms with Gasteiger partial charge in [-0.1, -0.05) is 16.9 Å². The number of carboxylic acids is 1. The number of hydrogen-bond donors (Lipinski definition) is 1. The number of aromatic nitrogens is 3. The van der Waals surface area contributed by atoms with Gasteiger partial charge < -0.3 is 9.63 Å². The number of carboxylic acid groups (broad SMARTS) is 1. The number of thioether (sulfide) groups is 1. The maximum atomic E-state index is 11.2. The molecule has 0 aliphatic rings. The lowest BCUT2D eigenvalue weighted by Crippen LogP contribution is -1.94. The minimum absolute atomic E-state index is 0.308. The first-order valence-corrected chi connectivity index (χ1v) is 7.89. The highest BCUT2D eigenvalue weighted by Gasteiger charge is 2.19. The second-order valence-electron chi connectivity index (χ2n) is 4.44. The molecule has 0 unspecified atom stereocenters. The number of aromatic carboxylic acids is 1. The van der Waals surface area contributed by atoms with Crippen LogP contribution in [0.4, 0.5) is 0 Å². The van der Waals surface area contributed by atoms with Gasteiger partial charge in [-0.3, -0.25) is 0 Å². The Morgan fingerprint density at radius 1 is 1.43 bits per heavy atom. The summed E-state index contributed by atoms with van der Waals surface area (Å²) in [4.78, 5) is 20.6. The molecule has 1 N–H and O–H groups in total. The van der Waals surface area contributed by atoms with E-state index < -0.39 is 5.97 Å². The molecule has 6 nitrogen and oxygen atoms in total. The Hall–Kier alpha value is -1.93. The van der Waals surface area contributed by atoms with E-state index in [1.807, 2.05) is 13.0 Å². The number of thiophene rings is 1. The zero-order valence-electron chi connectivity index (χ0n) is 11.3. The van der Waals surface area contributed by atoms with E-state index in [0.29, 0.717) is 21.0 Å². The zero-order valence-corrected chi connectivity index (χ0v) is 12.9. The van der Waals surface area contributed by atoms with E-state index in [0.717, 1.165) is 21.9 Å². The molecule has 3 aromatic heterocycles. The summed E-state index contributed by atoms with van der Waals surface area (Å²) in [5.74, 6) is 0.415. The van der Waals surface area contributed by atoms with E-state index in [2.05, 4.69) is 15.1 Å². The van der Waals surface area contributed by atoms with Gasteiger partial charge in [-0.25, -0.2) is 14.8 Å². The molecule has 108 valence electrons. The molecule has 0 amide bonds. The van der Waals surface area contributed by atoms with Crippen molar-refractivity contribution in [1.29, 1.82) is 0 Å².